The highest BCUT2D eigenvalue weighted by molar-refractivity contribution is 7.46. The van der Waals surface area contributed by atoms with E-state index >= 15 is 0 Å². The maximum atomic E-state index is 12.3. The van der Waals surface area contributed by atoms with Gasteiger partial charge in [-0.1, -0.05) is 134 Å². The van der Waals surface area contributed by atoms with Gasteiger partial charge >= 0.3 is 19.8 Å². The average molecular weight is 673 g/mol. The molecule has 0 fully saturated rings. The van der Waals surface area contributed by atoms with Gasteiger partial charge in [-0.05, 0) is 44.4 Å². The normalized spacial score (nSPS) is 13.7. The van der Waals surface area contributed by atoms with Gasteiger partial charge in [0.1, 0.15) is 6.61 Å². The van der Waals surface area contributed by atoms with Gasteiger partial charge in [0, 0.05) is 12.8 Å². The smallest absolute Gasteiger partial charge is 0.462 e. The van der Waals surface area contributed by atoms with Crippen molar-refractivity contribution in [1.82, 2.24) is 0 Å². The van der Waals surface area contributed by atoms with E-state index in [1.165, 1.54) is 38.5 Å². The number of phosphoric acid groups is 1. The molecule has 0 saturated heterocycles. The summed E-state index contributed by atoms with van der Waals surface area (Å²) in [5.41, 5.74) is 0. The van der Waals surface area contributed by atoms with Gasteiger partial charge in [0.2, 0.25) is 0 Å². The van der Waals surface area contributed by atoms with Crippen LogP contribution >= 0.6 is 7.82 Å². The number of carbonyl (C=O) groups excluding carboxylic acids is 2. The molecule has 0 amide bonds. The average Bonchev–Trinajstić information content (AvgIpc) is 2.99. The maximum absolute atomic E-state index is 12.3. The molecule has 0 bridgehead atoms. The Morgan fingerprint density at radius 2 is 1.28 bits per heavy atom. The van der Waals surface area contributed by atoms with Gasteiger partial charge in [-0.2, -0.15) is 0 Å². The number of hydrogen-bond donors (Lipinski definition) is 3. The van der Waals surface area contributed by atoms with Crippen LogP contribution in [0.4, 0.5) is 0 Å². The van der Waals surface area contributed by atoms with Crippen LogP contribution in [0.3, 0.4) is 0 Å². The van der Waals surface area contributed by atoms with Crippen molar-refractivity contribution in [1.29, 1.82) is 0 Å². The molecule has 0 aromatic rings. The number of esters is 2. The predicted octanol–water partition coefficient (Wildman–Crippen LogP) is 9.06. The minimum Gasteiger partial charge on any atom is -0.462 e. The van der Waals surface area contributed by atoms with Gasteiger partial charge in [0.25, 0.3) is 0 Å². The van der Waals surface area contributed by atoms with Crippen LogP contribution in [-0.2, 0) is 28.2 Å². The van der Waals surface area contributed by atoms with Crippen molar-refractivity contribution < 1.29 is 43.0 Å². The Bertz CT molecular complexity index is 879. The molecule has 0 aromatic heterocycles. The zero-order valence-corrected chi connectivity index (χ0v) is 29.9. The van der Waals surface area contributed by atoms with Crippen LogP contribution in [0.2, 0.25) is 0 Å². The lowest BCUT2D eigenvalue weighted by Crippen LogP contribution is -2.29. The highest BCUT2D eigenvalue weighted by Gasteiger charge is 2.22. The van der Waals surface area contributed by atoms with Gasteiger partial charge in [0.15, 0.2) is 6.10 Å². The minimum atomic E-state index is -4.76. The molecule has 0 spiro atoms. The fourth-order valence-electron chi connectivity index (χ4n) is 4.77. The number of allylic oxidation sites excluding steroid dienone is 4. The summed E-state index contributed by atoms with van der Waals surface area (Å²) in [4.78, 5) is 42.6. The fraction of sp³-hybridized carbons (Fsp3) is 0.778. The largest absolute Gasteiger partial charge is 0.469 e. The molecule has 10 heteroatoms. The molecule has 0 rings (SSSR count). The van der Waals surface area contributed by atoms with E-state index in [0.717, 1.165) is 63.7 Å². The van der Waals surface area contributed by atoms with Crippen molar-refractivity contribution >= 4 is 19.8 Å². The topological polar surface area (TPSA) is 140 Å². The van der Waals surface area contributed by atoms with Crippen LogP contribution in [0.5, 0.6) is 0 Å². The molecule has 0 aliphatic carbocycles. The lowest BCUT2D eigenvalue weighted by atomic mass is 10.0. The quantitative estimate of drug-likeness (QED) is 0.0216. The monoisotopic (exact) mass is 672 g/mol. The standard InChI is InChI=1S/C36H65O9P/c1-4-5-20-26-33(37)27-22-17-13-9-7-11-15-19-24-29-36(39)45-34(31-44-46(40,41)42)30-43-35(38)28-23-18-14-10-6-8-12-16-21-25-32(2)3/h5,13,17,20,22,27,32-34,37H,4,6-12,14-16,18-19,21,23-26,28-31H2,1-3H3,(H2,40,41,42)/b17-13+,20-5+,27-22+/t33?,34-/m1/s1. The minimum absolute atomic E-state index is 0.165. The molecule has 268 valence electrons. The molecule has 0 aromatic carbocycles. The molecule has 1 unspecified atom stereocenters. The molecule has 0 saturated carbocycles. The molecule has 0 heterocycles. The lowest BCUT2D eigenvalue weighted by molar-refractivity contribution is -0.161. The number of aliphatic hydroxyl groups excluding tert-OH is 1. The summed E-state index contributed by atoms with van der Waals surface area (Å²) in [5.74, 6) is -0.159. The number of rotatable bonds is 31. The van der Waals surface area contributed by atoms with E-state index in [1.54, 1.807) is 6.08 Å². The van der Waals surface area contributed by atoms with Crippen molar-refractivity contribution in [3.63, 3.8) is 0 Å². The van der Waals surface area contributed by atoms with Gasteiger partial charge in [-0.3, -0.25) is 14.1 Å². The Balaban J connectivity index is 4.08. The summed E-state index contributed by atoms with van der Waals surface area (Å²) in [6, 6.07) is 0. The van der Waals surface area contributed by atoms with Crippen molar-refractivity contribution in [3.05, 3.63) is 36.5 Å². The first kappa shape index (κ1) is 44.2. The SMILES string of the molecule is CC/C=C/CC(O)/C=C/C=C/CCCCCCCC(=O)O[C@H](COC(=O)CCCCCCCCCCCC(C)C)COP(=O)(O)O. The van der Waals surface area contributed by atoms with Crippen molar-refractivity contribution in [2.75, 3.05) is 13.2 Å². The molecule has 0 aliphatic heterocycles. The molecular weight excluding hydrogens is 607 g/mol. The van der Waals surface area contributed by atoms with Crippen molar-refractivity contribution in [2.45, 2.75) is 161 Å². The van der Waals surface area contributed by atoms with E-state index in [-0.39, 0.29) is 19.4 Å². The van der Waals surface area contributed by atoms with Crippen LogP contribution in [0.25, 0.3) is 0 Å². The van der Waals surface area contributed by atoms with Crippen molar-refractivity contribution in [2.24, 2.45) is 5.92 Å². The van der Waals surface area contributed by atoms with E-state index in [0.29, 0.717) is 19.3 Å². The third kappa shape index (κ3) is 33.6. The molecule has 0 aliphatic rings. The summed E-state index contributed by atoms with van der Waals surface area (Å²) < 4.78 is 26.2. The van der Waals surface area contributed by atoms with Crippen LogP contribution in [-0.4, -0.2) is 52.3 Å². The second-order valence-electron chi connectivity index (χ2n) is 12.5. The van der Waals surface area contributed by atoms with Gasteiger partial charge < -0.3 is 24.4 Å². The van der Waals surface area contributed by atoms with Gasteiger partial charge in [-0.15, -0.1) is 0 Å². The number of phosphoric ester groups is 1. The Hall–Kier alpha value is -1.77. The first-order chi connectivity index (χ1) is 22.0. The summed E-state index contributed by atoms with van der Waals surface area (Å²) in [6.45, 7) is 5.72. The second-order valence-corrected chi connectivity index (χ2v) is 13.7. The Kier molecular flexibility index (Phi) is 29.4. The van der Waals surface area contributed by atoms with Crippen LogP contribution in [0.1, 0.15) is 149 Å². The number of carbonyl (C=O) groups is 2. The van der Waals surface area contributed by atoms with Crippen LogP contribution < -0.4 is 0 Å². The molecule has 2 atom stereocenters. The number of ether oxygens (including phenoxy) is 2. The van der Waals surface area contributed by atoms with Crippen LogP contribution in [0.15, 0.2) is 36.5 Å². The Morgan fingerprint density at radius 1 is 0.717 bits per heavy atom. The molecule has 3 N–H and O–H groups in total. The number of hydrogen-bond acceptors (Lipinski definition) is 7. The summed E-state index contributed by atoms with van der Waals surface area (Å²) in [6.07, 6.45) is 29.2. The van der Waals surface area contributed by atoms with E-state index in [9.17, 15) is 19.3 Å². The Morgan fingerprint density at radius 3 is 1.87 bits per heavy atom. The summed E-state index contributed by atoms with van der Waals surface area (Å²) >= 11 is 0. The third-order valence-electron chi connectivity index (χ3n) is 7.43. The van der Waals surface area contributed by atoms with E-state index in [1.807, 2.05) is 24.3 Å². The van der Waals surface area contributed by atoms with Gasteiger partial charge in [-0.25, -0.2) is 4.57 Å². The second kappa shape index (κ2) is 30.6. The number of aliphatic hydroxyl groups is 1. The van der Waals surface area contributed by atoms with E-state index in [2.05, 4.69) is 31.4 Å². The number of unbranched alkanes of at least 4 members (excludes halogenated alkanes) is 13. The molecule has 9 nitrogen and oxygen atoms in total. The van der Waals surface area contributed by atoms with E-state index < -0.39 is 38.6 Å². The highest BCUT2D eigenvalue weighted by atomic mass is 31.2. The highest BCUT2D eigenvalue weighted by Crippen LogP contribution is 2.36. The summed E-state index contributed by atoms with van der Waals surface area (Å²) in [7, 11) is -4.76. The Labute approximate surface area is 279 Å². The summed E-state index contributed by atoms with van der Waals surface area (Å²) in [5, 5.41) is 9.82. The zero-order valence-electron chi connectivity index (χ0n) is 29.0. The molecular formula is C36H65O9P. The van der Waals surface area contributed by atoms with Crippen molar-refractivity contribution in [3.8, 4) is 0 Å². The van der Waals surface area contributed by atoms with Crippen LogP contribution in [0, 0.1) is 5.92 Å². The first-order valence-electron chi connectivity index (χ1n) is 17.7. The maximum Gasteiger partial charge on any atom is 0.469 e. The van der Waals surface area contributed by atoms with Gasteiger partial charge in [0.05, 0.1) is 12.7 Å². The third-order valence-corrected chi connectivity index (χ3v) is 7.92. The van der Waals surface area contributed by atoms with E-state index in [4.69, 9.17) is 19.3 Å². The predicted molar refractivity (Wildman–Crippen MR) is 185 cm³/mol. The molecule has 46 heavy (non-hydrogen) atoms. The first-order valence-corrected chi connectivity index (χ1v) is 19.3. The zero-order chi connectivity index (χ0) is 34.3. The fourth-order valence-corrected chi connectivity index (χ4v) is 5.13. The lowest BCUT2D eigenvalue weighted by Gasteiger charge is -2.18. The molecule has 0 radical (unpaired) electrons.